The summed E-state index contributed by atoms with van der Waals surface area (Å²) in [5, 5.41) is 8.68. The molecule has 56 valence electrons. The third-order valence-corrected chi connectivity index (χ3v) is 2.37. The normalized spacial score (nSPS) is 34.4. The van der Waals surface area contributed by atoms with Crippen molar-refractivity contribution in [3.8, 4) is 6.07 Å². The first-order chi connectivity index (χ1) is 4.83. The molecule has 0 N–H and O–H groups in total. The van der Waals surface area contributed by atoms with Crippen molar-refractivity contribution in [3.05, 3.63) is 0 Å². The van der Waals surface area contributed by atoms with E-state index in [-0.39, 0.29) is 0 Å². The minimum atomic E-state index is 0.359. The van der Waals surface area contributed by atoms with Crippen molar-refractivity contribution in [2.45, 2.75) is 39.0 Å². The summed E-state index contributed by atoms with van der Waals surface area (Å²) in [4.78, 5) is 0. The van der Waals surface area contributed by atoms with Crippen LogP contribution in [0.3, 0.4) is 0 Å². The molecule has 0 heterocycles. The van der Waals surface area contributed by atoms with Crippen molar-refractivity contribution in [1.82, 2.24) is 0 Å². The highest BCUT2D eigenvalue weighted by Gasteiger charge is 2.15. The molecule has 0 aromatic heterocycles. The van der Waals surface area contributed by atoms with Gasteiger partial charge in [-0.3, -0.25) is 0 Å². The molecule has 1 aliphatic rings. The Balaban J connectivity index is 2.39. The van der Waals surface area contributed by atoms with E-state index < -0.39 is 0 Å². The third kappa shape index (κ3) is 2.02. The maximum atomic E-state index is 8.68. The molecule has 1 heteroatoms. The van der Waals surface area contributed by atoms with Gasteiger partial charge in [-0.1, -0.05) is 26.2 Å². The van der Waals surface area contributed by atoms with Crippen LogP contribution in [0.2, 0.25) is 0 Å². The molecule has 0 bridgehead atoms. The van der Waals surface area contributed by atoms with Gasteiger partial charge in [-0.2, -0.15) is 5.26 Å². The van der Waals surface area contributed by atoms with E-state index in [9.17, 15) is 0 Å². The number of nitrogens with zero attached hydrogens (tertiary/aromatic N) is 1. The molecule has 1 nitrogen and oxygen atoms in total. The molecule has 0 spiro atoms. The summed E-state index contributed by atoms with van der Waals surface area (Å²) in [6.07, 6.45) is 6.21. The van der Waals surface area contributed by atoms with Gasteiger partial charge in [0, 0.05) is 5.92 Å². The Morgan fingerprint density at radius 1 is 1.30 bits per heavy atom. The molecule has 0 saturated heterocycles. The van der Waals surface area contributed by atoms with Crippen LogP contribution in [0.15, 0.2) is 0 Å². The maximum Gasteiger partial charge on any atom is 0.0655 e. The van der Waals surface area contributed by atoms with Crippen LogP contribution in [0.4, 0.5) is 0 Å². The maximum absolute atomic E-state index is 8.68. The molecule has 0 aromatic rings. The highest BCUT2D eigenvalue weighted by Crippen LogP contribution is 2.26. The molecular formula is C9H15N. The van der Waals surface area contributed by atoms with Crippen molar-refractivity contribution in [2.24, 2.45) is 11.8 Å². The van der Waals surface area contributed by atoms with Crippen LogP contribution in [0.25, 0.3) is 0 Å². The fourth-order valence-electron chi connectivity index (χ4n) is 1.72. The van der Waals surface area contributed by atoms with Gasteiger partial charge in [0.1, 0.15) is 0 Å². The van der Waals surface area contributed by atoms with Gasteiger partial charge in [-0.25, -0.2) is 0 Å². The molecule has 1 fully saturated rings. The molecule has 2 unspecified atom stereocenters. The highest BCUT2D eigenvalue weighted by atomic mass is 14.3. The lowest BCUT2D eigenvalue weighted by Gasteiger charge is -2.07. The number of hydrogen-bond acceptors (Lipinski definition) is 1. The van der Waals surface area contributed by atoms with Crippen LogP contribution in [0, 0.1) is 23.2 Å². The Morgan fingerprint density at radius 3 is 2.70 bits per heavy atom. The molecule has 0 aliphatic heterocycles. The predicted octanol–water partition coefficient (Wildman–Crippen LogP) is 2.73. The van der Waals surface area contributed by atoms with Crippen LogP contribution in [-0.2, 0) is 0 Å². The standard InChI is InChI=1S/C9H15N/c1-8-4-2-3-5-9(6-8)7-10/h8-9H,2-6H2,1H3. The monoisotopic (exact) mass is 137 g/mol. The first-order valence-electron chi connectivity index (χ1n) is 4.22. The van der Waals surface area contributed by atoms with E-state index in [4.69, 9.17) is 5.26 Å². The Labute approximate surface area is 63.0 Å². The van der Waals surface area contributed by atoms with Crippen molar-refractivity contribution >= 4 is 0 Å². The minimum absolute atomic E-state index is 0.359. The van der Waals surface area contributed by atoms with Crippen LogP contribution in [0.5, 0.6) is 0 Å². The summed E-state index contributed by atoms with van der Waals surface area (Å²) < 4.78 is 0. The van der Waals surface area contributed by atoms with E-state index in [1.54, 1.807) is 0 Å². The first kappa shape index (κ1) is 7.60. The van der Waals surface area contributed by atoms with Crippen LogP contribution in [-0.4, -0.2) is 0 Å². The lowest BCUT2D eigenvalue weighted by molar-refractivity contribution is 0.459. The molecule has 0 aromatic carbocycles. The number of rotatable bonds is 0. The number of hydrogen-bond donors (Lipinski definition) is 0. The molecule has 1 rings (SSSR count). The summed E-state index contributed by atoms with van der Waals surface area (Å²) in [5.41, 5.74) is 0. The second-order valence-corrected chi connectivity index (χ2v) is 3.45. The summed E-state index contributed by atoms with van der Waals surface area (Å²) in [5.74, 6) is 1.14. The van der Waals surface area contributed by atoms with Gasteiger partial charge in [0.2, 0.25) is 0 Å². The van der Waals surface area contributed by atoms with E-state index in [1.807, 2.05) is 0 Å². The second kappa shape index (κ2) is 3.61. The molecular weight excluding hydrogens is 122 g/mol. The highest BCUT2D eigenvalue weighted by molar-refractivity contribution is 4.85. The summed E-state index contributed by atoms with van der Waals surface area (Å²) in [6, 6.07) is 2.37. The fraction of sp³-hybridized carbons (Fsp3) is 0.889. The molecule has 1 saturated carbocycles. The van der Waals surface area contributed by atoms with Gasteiger partial charge in [-0.15, -0.1) is 0 Å². The van der Waals surface area contributed by atoms with E-state index in [0.717, 1.165) is 18.8 Å². The zero-order valence-electron chi connectivity index (χ0n) is 6.64. The zero-order valence-corrected chi connectivity index (χ0v) is 6.64. The lowest BCUT2D eigenvalue weighted by Crippen LogP contribution is -1.99. The van der Waals surface area contributed by atoms with E-state index >= 15 is 0 Å². The van der Waals surface area contributed by atoms with Crippen molar-refractivity contribution in [1.29, 1.82) is 5.26 Å². The van der Waals surface area contributed by atoms with Gasteiger partial charge in [0.15, 0.2) is 0 Å². The van der Waals surface area contributed by atoms with E-state index in [0.29, 0.717) is 5.92 Å². The van der Waals surface area contributed by atoms with Crippen molar-refractivity contribution in [2.75, 3.05) is 0 Å². The Bertz CT molecular complexity index is 134. The summed E-state index contributed by atoms with van der Waals surface area (Å²) in [6.45, 7) is 2.26. The fourth-order valence-corrected chi connectivity index (χ4v) is 1.72. The Hall–Kier alpha value is -0.510. The van der Waals surface area contributed by atoms with Crippen molar-refractivity contribution < 1.29 is 0 Å². The summed E-state index contributed by atoms with van der Waals surface area (Å²) in [7, 11) is 0. The first-order valence-corrected chi connectivity index (χ1v) is 4.22. The quantitative estimate of drug-likeness (QED) is 0.471. The topological polar surface area (TPSA) is 23.8 Å². The summed E-state index contributed by atoms with van der Waals surface area (Å²) >= 11 is 0. The average Bonchev–Trinajstić information content (AvgIpc) is 2.13. The van der Waals surface area contributed by atoms with Crippen molar-refractivity contribution in [3.63, 3.8) is 0 Å². The van der Waals surface area contributed by atoms with Crippen LogP contribution < -0.4 is 0 Å². The number of nitriles is 1. The van der Waals surface area contributed by atoms with Crippen LogP contribution in [0.1, 0.15) is 39.0 Å². The predicted molar refractivity (Wildman–Crippen MR) is 41.4 cm³/mol. The lowest BCUT2D eigenvalue weighted by atomic mass is 9.96. The van der Waals surface area contributed by atoms with Gasteiger partial charge >= 0.3 is 0 Å². The second-order valence-electron chi connectivity index (χ2n) is 3.45. The third-order valence-electron chi connectivity index (χ3n) is 2.37. The van der Waals surface area contributed by atoms with Gasteiger partial charge in [0.05, 0.1) is 6.07 Å². The smallest absolute Gasteiger partial charge is 0.0655 e. The molecule has 0 amide bonds. The zero-order chi connectivity index (χ0) is 7.40. The Morgan fingerprint density at radius 2 is 2.00 bits per heavy atom. The SMILES string of the molecule is CC1CCCCC(C#N)C1. The van der Waals surface area contributed by atoms with Gasteiger partial charge < -0.3 is 0 Å². The molecule has 0 radical (unpaired) electrons. The molecule has 2 atom stereocenters. The average molecular weight is 137 g/mol. The molecule has 1 aliphatic carbocycles. The van der Waals surface area contributed by atoms with Gasteiger partial charge in [0.25, 0.3) is 0 Å². The largest absolute Gasteiger partial charge is 0.198 e. The Kier molecular flexibility index (Phi) is 2.74. The van der Waals surface area contributed by atoms with E-state index in [2.05, 4.69) is 13.0 Å². The minimum Gasteiger partial charge on any atom is -0.198 e. The van der Waals surface area contributed by atoms with Crippen LogP contribution >= 0.6 is 0 Å². The molecule has 10 heavy (non-hydrogen) atoms. The van der Waals surface area contributed by atoms with E-state index in [1.165, 1.54) is 19.3 Å². The van der Waals surface area contributed by atoms with Gasteiger partial charge in [-0.05, 0) is 18.8 Å².